The second kappa shape index (κ2) is 7.43. The van der Waals surface area contributed by atoms with Crippen LogP contribution >= 0.6 is 0 Å². The fourth-order valence-electron chi connectivity index (χ4n) is 3.07. The summed E-state index contributed by atoms with van der Waals surface area (Å²) in [6.07, 6.45) is 5.75. The highest BCUT2D eigenvalue weighted by molar-refractivity contribution is 5.94. The van der Waals surface area contributed by atoms with Gasteiger partial charge in [0, 0.05) is 31.4 Å². The molecule has 0 bridgehead atoms. The molecule has 1 aliphatic heterocycles. The average molecular weight is 327 g/mol. The third-order valence-electron chi connectivity index (χ3n) is 4.41. The zero-order chi connectivity index (χ0) is 16.9. The Morgan fingerprint density at radius 1 is 1.38 bits per heavy atom. The number of carbonyl (C=O) groups is 1. The number of amides is 1. The largest absolute Gasteiger partial charge is 0.370 e. The number of nitrogens with zero attached hydrogens (tertiary/aromatic N) is 2. The fraction of sp³-hybridized carbons (Fsp3) is 0.368. The van der Waals surface area contributed by atoms with E-state index in [1.54, 1.807) is 30.6 Å². The van der Waals surface area contributed by atoms with Gasteiger partial charge in [0.05, 0.1) is 17.4 Å². The molecule has 5 heteroatoms. The molecule has 0 saturated carbocycles. The van der Waals surface area contributed by atoms with Crippen LogP contribution in [0.1, 0.15) is 35.7 Å². The molecule has 1 fully saturated rings. The number of rotatable bonds is 4. The molecule has 1 unspecified atom stereocenters. The lowest BCUT2D eigenvalue weighted by molar-refractivity contribution is 0.0950. The van der Waals surface area contributed by atoms with Gasteiger partial charge >= 0.3 is 0 Å². The van der Waals surface area contributed by atoms with Crippen molar-refractivity contribution < 1.29 is 9.18 Å². The van der Waals surface area contributed by atoms with Crippen LogP contribution in [0.5, 0.6) is 0 Å². The number of anilines is 1. The summed E-state index contributed by atoms with van der Waals surface area (Å²) >= 11 is 0. The van der Waals surface area contributed by atoms with Gasteiger partial charge < -0.3 is 10.2 Å². The molecule has 1 amide bonds. The van der Waals surface area contributed by atoms with Gasteiger partial charge in [-0.25, -0.2) is 4.39 Å². The Labute approximate surface area is 141 Å². The van der Waals surface area contributed by atoms with Crippen molar-refractivity contribution in [2.45, 2.75) is 26.3 Å². The van der Waals surface area contributed by atoms with Crippen molar-refractivity contribution in [2.24, 2.45) is 5.92 Å². The van der Waals surface area contributed by atoms with Gasteiger partial charge in [0.2, 0.25) is 0 Å². The first-order valence-corrected chi connectivity index (χ1v) is 8.35. The van der Waals surface area contributed by atoms with Crippen LogP contribution in [-0.2, 0) is 6.54 Å². The number of piperidine rings is 1. The van der Waals surface area contributed by atoms with Crippen LogP contribution in [-0.4, -0.2) is 24.0 Å². The quantitative estimate of drug-likeness (QED) is 0.936. The number of aromatic nitrogens is 1. The molecule has 1 saturated heterocycles. The lowest BCUT2D eigenvalue weighted by Gasteiger charge is -2.32. The molecule has 2 aromatic rings. The molecule has 2 heterocycles. The Bertz CT molecular complexity index is 719. The van der Waals surface area contributed by atoms with Crippen LogP contribution in [0, 0.1) is 11.7 Å². The molecule has 3 rings (SSSR count). The standard InChI is InChI=1S/C19H22FN3O/c1-14-5-4-8-23(13-14)17-9-16(10-21-12-17)19(24)22-11-15-6-2-3-7-18(15)20/h2-3,6-7,9-10,12,14H,4-5,8,11,13H2,1H3,(H,22,24). The lowest BCUT2D eigenvalue weighted by atomic mass is 10.00. The van der Waals surface area contributed by atoms with E-state index in [0.717, 1.165) is 25.2 Å². The number of nitrogens with one attached hydrogen (secondary N) is 1. The molecule has 0 aliphatic carbocycles. The molecule has 1 aromatic carbocycles. The van der Waals surface area contributed by atoms with Crippen molar-refractivity contribution in [2.75, 3.05) is 18.0 Å². The van der Waals surface area contributed by atoms with E-state index < -0.39 is 0 Å². The SMILES string of the molecule is CC1CCCN(c2cncc(C(=O)NCc3ccccc3F)c2)C1. The summed E-state index contributed by atoms with van der Waals surface area (Å²) < 4.78 is 13.6. The maximum Gasteiger partial charge on any atom is 0.253 e. The van der Waals surface area contributed by atoms with E-state index >= 15 is 0 Å². The molecule has 1 aromatic heterocycles. The van der Waals surface area contributed by atoms with Gasteiger partial charge in [-0.15, -0.1) is 0 Å². The summed E-state index contributed by atoms with van der Waals surface area (Å²) in [6.45, 7) is 4.38. The highest BCUT2D eigenvalue weighted by atomic mass is 19.1. The minimum absolute atomic E-state index is 0.163. The Hall–Kier alpha value is -2.43. The van der Waals surface area contributed by atoms with Crippen LogP contribution in [0.25, 0.3) is 0 Å². The summed E-state index contributed by atoms with van der Waals surface area (Å²) in [5.74, 6) is 0.0990. The first kappa shape index (κ1) is 16.4. The topological polar surface area (TPSA) is 45.2 Å². The van der Waals surface area contributed by atoms with E-state index in [1.165, 1.54) is 12.5 Å². The van der Waals surface area contributed by atoms with Gasteiger partial charge in [0.25, 0.3) is 5.91 Å². The monoisotopic (exact) mass is 327 g/mol. The fourth-order valence-corrected chi connectivity index (χ4v) is 3.07. The third kappa shape index (κ3) is 3.91. The predicted octanol–water partition coefficient (Wildman–Crippen LogP) is 3.39. The predicted molar refractivity (Wildman–Crippen MR) is 92.4 cm³/mol. The number of hydrogen-bond donors (Lipinski definition) is 1. The van der Waals surface area contributed by atoms with Gasteiger partial charge in [-0.3, -0.25) is 9.78 Å². The smallest absolute Gasteiger partial charge is 0.253 e. The molecule has 24 heavy (non-hydrogen) atoms. The summed E-state index contributed by atoms with van der Waals surface area (Å²) in [6, 6.07) is 8.31. The lowest BCUT2D eigenvalue weighted by Crippen LogP contribution is -2.34. The number of benzene rings is 1. The minimum Gasteiger partial charge on any atom is -0.370 e. The molecule has 4 nitrogen and oxygen atoms in total. The first-order chi connectivity index (χ1) is 11.6. The number of carbonyl (C=O) groups excluding carboxylic acids is 1. The molecule has 1 aliphatic rings. The maximum atomic E-state index is 13.6. The van der Waals surface area contributed by atoms with Crippen LogP contribution in [0.15, 0.2) is 42.7 Å². The third-order valence-corrected chi connectivity index (χ3v) is 4.41. The van der Waals surface area contributed by atoms with Gasteiger partial charge in [-0.2, -0.15) is 0 Å². The van der Waals surface area contributed by atoms with Gasteiger partial charge in [-0.1, -0.05) is 25.1 Å². The van der Waals surface area contributed by atoms with E-state index in [4.69, 9.17) is 0 Å². The number of pyridine rings is 1. The van der Waals surface area contributed by atoms with Crippen molar-refractivity contribution in [3.8, 4) is 0 Å². The maximum absolute atomic E-state index is 13.6. The molecule has 126 valence electrons. The molecule has 0 spiro atoms. The van der Waals surface area contributed by atoms with E-state index in [-0.39, 0.29) is 18.3 Å². The van der Waals surface area contributed by atoms with Gasteiger partial charge in [0.1, 0.15) is 5.82 Å². The van der Waals surface area contributed by atoms with Crippen LogP contribution in [0.2, 0.25) is 0 Å². The van der Waals surface area contributed by atoms with E-state index in [9.17, 15) is 9.18 Å². The Morgan fingerprint density at radius 3 is 3.00 bits per heavy atom. The molecule has 1 N–H and O–H groups in total. The number of halogens is 1. The molecular weight excluding hydrogens is 305 g/mol. The Balaban J connectivity index is 1.67. The summed E-state index contributed by atoms with van der Waals surface area (Å²) in [5.41, 5.74) is 1.95. The average Bonchev–Trinajstić information content (AvgIpc) is 2.61. The van der Waals surface area contributed by atoms with Crippen molar-refractivity contribution in [1.82, 2.24) is 10.3 Å². The van der Waals surface area contributed by atoms with Crippen LogP contribution in [0.4, 0.5) is 10.1 Å². The number of hydrogen-bond acceptors (Lipinski definition) is 3. The highest BCUT2D eigenvalue weighted by Crippen LogP contribution is 2.22. The molecule has 0 radical (unpaired) electrons. The Morgan fingerprint density at radius 2 is 2.21 bits per heavy atom. The van der Waals surface area contributed by atoms with E-state index in [1.807, 2.05) is 6.07 Å². The van der Waals surface area contributed by atoms with Gasteiger partial charge in [-0.05, 0) is 30.9 Å². The van der Waals surface area contributed by atoms with Crippen molar-refractivity contribution in [3.63, 3.8) is 0 Å². The molecule has 1 atom stereocenters. The highest BCUT2D eigenvalue weighted by Gasteiger charge is 2.18. The zero-order valence-electron chi connectivity index (χ0n) is 13.8. The Kier molecular flexibility index (Phi) is 5.08. The van der Waals surface area contributed by atoms with Crippen molar-refractivity contribution in [1.29, 1.82) is 0 Å². The van der Waals surface area contributed by atoms with Crippen LogP contribution in [0.3, 0.4) is 0 Å². The summed E-state index contributed by atoms with van der Waals surface area (Å²) in [7, 11) is 0. The normalized spacial score (nSPS) is 17.6. The zero-order valence-corrected chi connectivity index (χ0v) is 13.8. The van der Waals surface area contributed by atoms with Crippen LogP contribution < -0.4 is 10.2 Å². The second-order valence-corrected chi connectivity index (χ2v) is 6.40. The van der Waals surface area contributed by atoms with Gasteiger partial charge in [0.15, 0.2) is 0 Å². The summed E-state index contributed by atoms with van der Waals surface area (Å²) in [5, 5.41) is 2.76. The van der Waals surface area contributed by atoms with E-state index in [0.29, 0.717) is 17.0 Å². The molecular formula is C19H22FN3O. The van der Waals surface area contributed by atoms with Crippen molar-refractivity contribution in [3.05, 3.63) is 59.7 Å². The van der Waals surface area contributed by atoms with E-state index in [2.05, 4.69) is 22.1 Å². The first-order valence-electron chi connectivity index (χ1n) is 8.35. The summed E-state index contributed by atoms with van der Waals surface area (Å²) in [4.78, 5) is 18.8. The van der Waals surface area contributed by atoms with Crippen molar-refractivity contribution >= 4 is 11.6 Å². The minimum atomic E-state index is -0.313. The second-order valence-electron chi connectivity index (χ2n) is 6.40.